The second kappa shape index (κ2) is 9.41. The molecule has 1 saturated heterocycles. The van der Waals surface area contributed by atoms with Crippen LogP contribution in [0.4, 0.5) is 5.69 Å². The monoisotopic (exact) mass is 458 g/mol. The molecule has 1 atom stereocenters. The zero-order valence-electron chi connectivity index (χ0n) is 18.5. The second-order valence-corrected chi connectivity index (χ2v) is 9.59. The number of hydrogen-bond acceptors (Lipinski definition) is 4. The molecule has 168 valence electrons. The maximum atomic E-state index is 13.7. The molecule has 3 aromatic rings. The van der Waals surface area contributed by atoms with Crippen molar-refractivity contribution in [3.63, 3.8) is 0 Å². The fourth-order valence-corrected chi connectivity index (χ4v) is 5.38. The molecule has 2 amide bonds. The summed E-state index contributed by atoms with van der Waals surface area (Å²) in [5.41, 5.74) is 4.17. The van der Waals surface area contributed by atoms with Crippen LogP contribution in [0.2, 0.25) is 0 Å². The van der Waals surface area contributed by atoms with E-state index >= 15 is 0 Å². The minimum atomic E-state index is -0.150. The Hall–Kier alpha value is -3.09. The molecule has 3 aromatic carbocycles. The summed E-state index contributed by atoms with van der Waals surface area (Å²) in [5.74, 6) is -0.210. The molecular weight excluding hydrogens is 432 g/mol. The van der Waals surface area contributed by atoms with Crippen LogP contribution >= 0.6 is 11.8 Å². The highest BCUT2D eigenvalue weighted by atomic mass is 32.2. The van der Waals surface area contributed by atoms with Gasteiger partial charge in [-0.1, -0.05) is 53.7 Å². The lowest BCUT2D eigenvalue weighted by molar-refractivity contribution is 0.0857. The Kier molecular flexibility index (Phi) is 6.20. The van der Waals surface area contributed by atoms with Crippen LogP contribution in [-0.2, 0) is 11.3 Å². The van der Waals surface area contributed by atoms with E-state index in [1.807, 2.05) is 67.6 Å². The number of nitrogens with zero attached hydrogens (tertiary/aromatic N) is 1. The van der Waals surface area contributed by atoms with Gasteiger partial charge in [0.1, 0.15) is 0 Å². The van der Waals surface area contributed by atoms with Gasteiger partial charge in [0.25, 0.3) is 11.8 Å². The highest BCUT2D eigenvalue weighted by Gasteiger charge is 2.28. The molecule has 2 heterocycles. The summed E-state index contributed by atoms with van der Waals surface area (Å²) in [4.78, 5) is 30.2. The number of hydrogen-bond donors (Lipinski definition) is 1. The van der Waals surface area contributed by atoms with Crippen LogP contribution in [0.3, 0.4) is 0 Å². The summed E-state index contributed by atoms with van der Waals surface area (Å²) in [7, 11) is 0. The third-order valence-corrected chi connectivity index (χ3v) is 7.17. The van der Waals surface area contributed by atoms with Crippen LogP contribution in [0, 0.1) is 6.92 Å². The van der Waals surface area contributed by atoms with Gasteiger partial charge in [0.15, 0.2) is 0 Å². The van der Waals surface area contributed by atoms with E-state index in [-0.39, 0.29) is 17.9 Å². The average molecular weight is 459 g/mol. The Balaban J connectivity index is 1.49. The lowest BCUT2D eigenvalue weighted by atomic mass is 10.1. The van der Waals surface area contributed by atoms with Crippen LogP contribution < -0.4 is 10.2 Å². The summed E-state index contributed by atoms with van der Waals surface area (Å²) in [6.45, 7) is 3.74. The van der Waals surface area contributed by atoms with E-state index in [0.29, 0.717) is 24.2 Å². The molecule has 0 bridgehead atoms. The third-order valence-electron chi connectivity index (χ3n) is 6.03. The molecule has 5 nitrogen and oxygen atoms in total. The summed E-state index contributed by atoms with van der Waals surface area (Å²) in [5, 5.41) is 2.99. The molecule has 2 aliphatic rings. The van der Waals surface area contributed by atoms with Crippen molar-refractivity contribution in [1.29, 1.82) is 0 Å². The van der Waals surface area contributed by atoms with Gasteiger partial charge in [-0.3, -0.25) is 9.59 Å². The number of rotatable bonds is 5. The smallest absolute Gasteiger partial charge is 0.259 e. The largest absolute Gasteiger partial charge is 0.376 e. The third kappa shape index (κ3) is 4.68. The minimum absolute atomic E-state index is 0.0599. The highest BCUT2D eigenvalue weighted by molar-refractivity contribution is 7.99. The van der Waals surface area contributed by atoms with Gasteiger partial charge in [-0.2, -0.15) is 0 Å². The molecule has 0 radical (unpaired) electrons. The summed E-state index contributed by atoms with van der Waals surface area (Å²) in [6, 6.07) is 21.5. The Morgan fingerprint density at radius 3 is 2.79 bits per heavy atom. The summed E-state index contributed by atoms with van der Waals surface area (Å²) in [6.07, 6.45) is 2.09. The number of ether oxygens (including phenoxy) is 1. The molecule has 1 fully saturated rings. The first kappa shape index (κ1) is 21.7. The van der Waals surface area contributed by atoms with Gasteiger partial charge in [0, 0.05) is 28.5 Å². The lowest BCUT2D eigenvalue weighted by Crippen LogP contribution is -2.33. The van der Waals surface area contributed by atoms with Crippen LogP contribution in [-0.4, -0.2) is 31.1 Å². The SMILES string of the molecule is Cc1cccc(CN2C(=O)c3ccccc3Sc3ccc(C(=O)NCC4CCCO4)cc32)c1. The van der Waals surface area contributed by atoms with E-state index in [4.69, 9.17) is 4.74 Å². The van der Waals surface area contributed by atoms with Gasteiger partial charge in [-0.05, 0) is 55.7 Å². The van der Waals surface area contributed by atoms with Gasteiger partial charge in [0.05, 0.1) is 23.9 Å². The first-order chi connectivity index (χ1) is 16.1. The van der Waals surface area contributed by atoms with E-state index in [1.54, 1.807) is 16.7 Å². The lowest BCUT2D eigenvalue weighted by Gasteiger charge is -2.24. The minimum Gasteiger partial charge on any atom is -0.376 e. The zero-order chi connectivity index (χ0) is 22.8. The summed E-state index contributed by atoms with van der Waals surface area (Å²) >= 11 is 1.56. The van der Waals surface area contributed by atoms with Gasteiger partial charge < -0.3 is 15.0 Å². The predicted octanol–water partition coefficient (Wildman–Crippen LogP) is 5.22. The van der Waals surface area contributed by atoms with E-state index < -0.39 is 0 Å². The molecule has 0 spiro atoms. The summed E-state index contributed by atoms with van der Waals surface area (Å²) < 4.78 is 5.62. The number of anilines is 1. The van der Waals surface area contributed by atoms with Crippen molar-refractivity contribution in [2.24, 2.45) is 0 Å². The van der Waals surface area contributed by atoms with E-state index in [2.05, 4.69) is 11.4 Å². The number of carbonyl (C=O) groups excluding carboxylic acids is 2. The van der Waals surface area contributed by atoms with Crippen molar-refractivity contribution < 1.29 is 14.3 Å². The van der Waals surface area contributed by atoms with Crippen molar-refractivity contribution in [3.05, 3.63) is 89.0 Å². The first-order valence-corrected chi connectivity index (χ1v) is 12.1. The number of benzene rings is 3. The zero-order valence-corrected chi connectivity index (χ0v) is 19.4. The van der Waals surface area contributed by atoms with Crippen molar-refractivity contribution in [2.75, 3.05) is 18.1 Å². The fraction of sp³-hybridized carbons (Fsp3) is 0.259. The number of nitrogens with one attached hydrogen (secondary N) is 1. The predicted molar refractivity (Wildman–Crippen MR) is 130 cm³/mol. The molecule has 6 heteroatoms. The maximum absolute atomic E-state index is 13.7. The fourth-order valence-electron chi connectivity index (χ4n) is 4.33. The Morgan fingerprint density at radius 2 is 1.97 bits per heavy atom. The van der Waals surface area contributed by atoms with E-state index in [0.717, 1.165) is 46.1 Å². The Bertz CT molecular complexity index is 1200. The number of fused-ring (bicyclic) bond motifs is 2. The number of aryl methyl sites for hydroxylation is 1. The van der Waals surface area contributed by atoms with E-state index in [9.17, 15) is 9.59 Å². The van der Waals surface area contributed by atoms with Crippen molar-refractivity contribution in [1.82, 2.24) is 5.32 Å². The first-order valence-electron chi connectivity index (χ1n) is 11.3. The highest BCUT2D eigenvalue weighted by Crippen LogP contribution is 2.42. The van der Waals surface area contributed by atoms with Crippen LogP contribution in [0.1, 0.15) is 44.7 Å². The van der Waals surface area contributed by atoms with Gasteiger partial charge >= 0.3 is 0 Å². The van der Waals surface area contributed by atoms with Gasteiger partial charge in [-0.15, -0.1) is 0 Å². The molecule has 0 aliphatic carbocycles. The molecule has 0 aromatic heterocycles. The molecule has 5 rings (SSSR count). The maximum Gasteiger partial charge on any atom is 0.259 e. The molecular formula is C27H26N2O3S. The van der Waals surface area contributed by atoms with Gasteiger partial charge in [-0.25, -0.2) is 0 Å². The molecule has 33 heavy (non-hydrogen) atoms. The molecule has 1 N–H and O–H groups in total. The standard InChI is InChI=1S/C27H26N2O3S/c1-18-6-4-7-19(14-18)17-29-23-15-20(26(30)28-16-21-8-5-13-32-21)11-12-25(23)33-24-10-3-2-9-22(24)27(29)31/h2-4,6-7,9-12,14-15,21H,5,8,13,16-17H2,1H3,(H,28,30). The quantitative estimate of drug-likeness (QED) is 0.570. The van der Waals surface area contributed by atoms with E-state index in [1.165, 1.54) is 0 Å². The van der Waals surface area contributed by atoms with Crippen molar-refractivity contribution >= 4 is 29.3 Å². The van der Waals surface area contributed by atoms with Crippen molar-refractivity contribution in [2.45, 2.75) is 42.2 Å². The topological polar surface area (TPSA) is 58.6 Å². The molecule has 2 aliphatic heterocycles. The average Bonchev–Trinajstić information content (AvgIpc) is 3.31. The van der Waals surface area contributed by atoms with Crippen molar-refractivity contribution in [3.8, 4) is 0 Å². The molecule has 1 unspecified atom stereocenters. The van der Waals surface area contributed by atoms with Crippen LogP contribution in [0.15, 0.2) is 76.5 Å². The number of carbonyl (C=O) groups is 2. The molecule has 0 saturated carbocycles. The van der Waals surface area contributed by atoms with Crippen LogP contribution in [0.5, 0.6) is 0 Å². The number of amides is 2. The second-order valence-electron chi connectivity index (χ2n) is 8.51. The normalized spacial score (nSPS) is 17.3. The van der Waals surface area contributed by atoms with Gasteiger partial charge in [0.2, 0.25) is 0 Å². The Labute approximate surface area is 198 Å². The van der Waals surface area contributed by atoms with Crippen LogP contribution in [0.25, 0.3) is 0 Å². The Morgan fingerprint density at radius 1 is 1.09 bits per heavy atom.